The van der Waals surface area contributed by atoms with Crippen molar-refractivity contribution in [2.45, 2.75) is 6.18 Å². The first-order chi connectivity index (χ1) is 12.4. The molecule has 0 aliphatic rings. The average molecular weight is 382 g/mol. The van der Waals surface area contributed by atoms with Gasteiger partial charge < -0.3 is 9.47 Å². The van der Waals surface area contributed by atoms with Crippen LogP contribution in [-0.2, 0) is 0 Å². The maximum absolute atomic E-state index is 12.4. The van der Waals surface area contributed by atoms with Crippen LogP contribution >= 0.6 is 11.3 Å². The van der Waals surface area contributed by atoms with Gasteiger partial charge in [-0.25, -0.2) is 4.98 Å². The first-order valence-electron chi connectivity index (χ1n) is 7.40. The summed E-state index contributed by atoms with van der Waals surface area (Å²) in [4.78, 5) is 16.6. The van der Waals surface area contributed by atoms with Crippen molar-refractivity contribution in [1.29, 1.82) is 0 Å². The topological polar surface area (TPSA) is 60.5 Å². The van der Waals surface area contributed by atoms with Gasteiger partial charge in [-0.2, -0.15) is 13.2 Å². The molecular formula is C17H13F3N2O3S. The number of hydrogen-bond acceptors (Lipinski definition) is 5. The lowest BCUT2D eigenvalue weighted by molar-refractivity contribution is -0.153. The van der Waals surface area contributed by atoms with Gasteiger partial charge in [0, 0.05) is 0 Å². The Hall–Kier alpha value is -2.81. The van der Waals surface area contributed by atoms with E-state index < -0.39 is 18.7 Å². The molecule has 1 heterocycles. The number of benzene rings is 2. The molecule has 0 fully saturated rings. The highest BCUT2D eigenvalue weighted by Crippen LogP contribution is 2.30. The summed E-state index contributed by atoms with van der Waals surface area (Å²) < 4.78 is 47.2. The minimum absolute atomic E-state index is 0.0843. The first kappa shape index (κ1) is 18.0. The third kappa shape index (κ3) is 4.23. The third-order valence-electron chi connectivity index (χ3n) is 3.33. The SMILES string of the molecule is COc1ccccc1C(=O)Nc1nc2ccc(OCC(F)(F)F)cc2s1. The monoisotopic (exact) mass is 382 g/mol. The number of hydrogen-bond donors (Lipinski definition) is 1. The fraction of sp³-hybridized carbons (Fsp3) is 0.176. The molecule has 0 saturated carbocycles. The van der Waals surface area contributed by atoms with Gasteiger partial charge in [-0.05, 0) is 30.3 Å². The Labute approximate surface area is 150 Å². The molecule has 5 nitrogen and oxygen atoms in total. The van der Waals surface area contributed by atoms with E-state index in [0.717, 1.165) is 11.3 Å². The molecule has 0 bridgehead atoms. The summed E-state index contributed by atoms with van der Waals surface area (Å²) in [5.41, 5.74) is 0.896. The number of aromatic nitrogens is 1. The molecule has 136 valence electrons. The molecule has 0 spiro atoms. The lowest BCUT2D eigenvalue weighted by atomic mass is 10.2. The van der Waals surface area contributed by atoms with Gasteiger partial charge in [0.1, 0.15) is 11.5 Å². The Kier molecular flexibility index (Phi) is 4.99. The second kappa shape index (κ2) is 7.20. The number of methoxy groups -OCH3 is 1. The van der Waals surface area contributed by atoms with E-state index in [1.165, 1.54) is 25.3 Å². The molecule has 0 unspecified atom stereocenters. The van der Waals surface area contributed by atoms with Gasteiger partial charge in [0.15, 0.2) is 11.7 Å². The number of nitrogens with one attached hydrogen (secondary N) is 1. The van der Waals surface area contributed by atoms with Crippen molar-refractivity contribution in [3.63, 3.8) is 0 Å². The Morgan fingerprint density at radius 3 is 2.73 bits per heavy atom. The van der Waals surface area contributed by atoms with Crippen molar-refractivity contribution in [1.82, 2.24) is 4.98 Å². The van der Waals surface area contributed by atoms with Crippen molar-refractivity contribution in [3.05, 3.63) is 48.0 Å². The van der Waals surface area contributed by atoms with Crippen LogP contribution in [0.1, 0.15) is 10.4 Å². The number of thiazole rings is 1. The summed E-state index contributed by atoms with van der Waals surface area (Å²) in [7, 11) is 1.46. The van der Waals surface area contributed by atoms with E-state index in [1.54, 1.807) is 24.3 Å². The van der Waals surface area contributed by atoms with Gasteiger partial charge in [0.05, 0.1) is 22.9 Å². The number of para-hydroxylation sites is 1. The molecule has 26 heavy (non-hydrogen) atoms. The van der Waals surface area contributed by atoms with E-state index in [1.807, 2.05) is 0 Å². The summed E-state index contributed by atoms with van der Waals surface area (Å²) in [5, 5.41) is 2.99. The van der Waals surface area contributed by atoms with Crippen LogP contribution < -0.4 is 14.8 Å². The smallest absolute Gasteiger partial charge is 0.422 e. The van der Waals surface area contributed by atoms with Crippen LogP contribution in [0, 0.1) is 0 Å². The van der Waals surface area contributed by atoms with Crippen molar-refractivity contribution in [2.24, 2.45) is 0 Å². The van der Waals surface area contributed by atoms with E-state index >= 15 is 0 Å². The zero-order valence-electron chi connectivity index (χ0n) is 13.5. The van der Waals surface area contributed by atoms with Crippen molar-refractivity contribution >= 4 is 32.6 Å². The van der Waals surface area contributed by atoms with Crippen molar-refractivity contribution in [2.75, 3.05) is 19.0 Å². The molecule has 3 rings (SSSR count). The number of fused-ring (bicyclic) bond motifs is 1. The fourth-order valence-corrected chi connectivity index (χ4v) is 3.10. The summed E-state index contributed by atoms with van der Waals surface area (Å²) in [6.45, 7) is -1.37. The maximum Gasteiger partial charge on any atom is 0.422 e. The normalized spacial score (nSPS) is 11.4. The van der Waals surface area contributed by atoms with Gasteiger partial charge >= 0.3 is 6.18 Å². The van der Waals surface area contributed by atoms with Crippen LogP contribution in [0.15, 0.2) is 42.5 Å². The van der Waals surface area contributed by atoms with Gasteiger partial charge in [0.25, 0.3) is 5.91 Å². The summed E-state index contributed by atoms with van der Waals surface area (Å²) in [5.74, 6) is 0.116. The highest BCUT2D eigenvalue weighted by Gasteiger charge is 2.28. The predicted molar refractivity (Wildman–Crippen MR) is 92.1 cm³/mol. The minimum atomic E-state index is -4.41. The Bertz CT molecular complexity index is 940. The highest BCUT2D eigenvalue weighted by atomic mass is 32.1. The van der Waals surface area contributed by atoms with Crippen molar-refractivity contribution in [3.8, 4) is 11.5 Å². The van der Waals surface area contributed by atoms with Crippen LogP contribution in [0.4, 0.5) is 18.3 Å². The number of anilines is 1. The number of carbonyl (C=O) groups is 1. The fourth-order valence-electron chi connectivity index (χ4n) is 2.21. The maximum atomic E-state index is 12.4. The number of carbonyl (C=O) groups excluding carboxylic acids is 1. The number of ether oxygens (including phenoxy) is 2. The number of halogens is 3. The second-order valence-electron chi connectivity index (χ2n) is 5.21. The van der Waals surface area contributed by atoms with E-state index in [9.17, 15) is 18.0 Å². The van der Waals surface area contributed by atoms with Crippen LogP contribution in [-0.4, -0.2) is 30.8 Å². The van der Waals surface area contributed by atoms with Crippen molar-refractivity contribution < 1.29 is 27.4 Å². The quantitative estimate of drug-likeness (QED) is 0.706. The Balaban J connectivity index is 1.77. The van der Waals surface area contributed by atoms with Crippen LogP contribution in [0.5, 0.6) is 11.5 Å². The molecule has 0 aliphatic heterocycles. The van der Waals surface area contributed by atoms with Gasteiger partial charge in [0.2, 0.25) is 0 Å². The molecule has 0 saturated heterocycles. The van der Waals surface area contributed by atoms with E-state index in [-0.39, 0.29) is 5.75 Å². The van der Waals surface area contributed by atoms with Gasteiger partial charge in [-0.3, -0.25) is 10.1 Å². The van der Waals surface area contributed by atoms with Gasteiger partial charge in [-0.15, -0.1) is 0 Å². The third-order valence-corrected chi connectivity index (χ3v) is 4.27. The first-order valence-corrected chi connectivity index (χ1v) is 8.22. The summed E-state index contributed by atoms with van der Waals surface area (Å²) in [6.07, 6.45) is -4.41. The molecule has 1 aromatic heterocycles. The van der Waals surface area contributed by atoms with E-state index in [4.69, 9.17) is 9.47 Å². The number of amides is 1. The Morgan fingerprint density at radius 1 is 1.23 bits per heavy atom. The van der Waals surface area contributed by atoms with E-state index in [2.05, 4.69) is 10.3 Å². The standard InChI is InChI=1S/C17H13F3N2O3S/c1-24-13-5-3-2-4-11(13)15(23)22-16-21-12-7-6-10(8-14(12)26-16)25-9-17(18,19)20/h2-8H,9H2,1H3,(H,21,22,23). The second-order valence-corrected chi connectivity index (χ2v) is 6.24. The predicted octanol–water partition coefficient (Wildman–Crippen LogP) is 4.50. The molecule has 0 atom stereocenters. The lowest BCUT2D eigenvalue weighted by Gasteiger charge is -2.08. The average Bonchev–Trinajstić information content (AvgIpc) is 3.00. The number of rotatable bonds is 5. The van der Waals surface area contributed by atoms with Crippen LogP contribution in [0.3, 0.4) is 0 Å². The zero-order valence-corrected chi connectivity index (χ0v) is 14.3. The minimum Gasteiger partial charge on any atom is -0.496 e. The van der Waals surface area contributed by atoms with E-state index in [0.29, 0.717) is 26.7 Å². The Morgan fingerprint density at radius 2 is 2.00 bits per heavy atom. The zero-order chi connectivity index (χ0) is 18.7. The molecular weight excluding hydrogens is 369 g/mol. The molecule has 1 N–H and O–H groups in total. The van der Waals surface area contributed by atoms with Crippen LogP contribution in [0.2, 0.25) is 0 Å². The number of nitrogens with zero attached hydrogens (tertiary/aromatic N) is 1. The largest absolute Gasteiger partial charge is 0.496 e. The lowest BCUT2D eigenvalue weighted by Crippen LogP contribution is -2.19. The molecule has 3 aromatic rings. The number of alkyl halides is 3. The summed E-state index contributed by atoms with van der Waals surface area (Å²) in [6, 6.07) is 11.1. The molecule has 0 radical (unpaired) electrons. The molecule has 0 aliphatic carbocycles. The molecule has 9 heteroatoms. The highest BCUT2D eigenvalue weighted by molar-refractivity contribution is 7.22. The summed E-state index contributed by atoms with van der Waals surface area (Å²) >= 11 is 1.14. The molecule has 2 aromatic carbocycles. The van der Waals surface area contributed by atoms with Gasteiger partial charge in [-0.1, -0.05) is 23.5 Å². The van der Waals surface area contributed by atoms with Crippen LogP contribution in [0.25, 0.3) is 10.2 Å². The molecule has 1 amide bonds.